The first-order valence-electron chi connectivity index (χ1n) is 8.58. The van der Waals surface area contributed by atoms with Gasteiger partial charge in [-0.3, -0.25) is 4.98 Å². The minimum atomic E-state index is -0.414. The van der Waals surface area contributed by atoms with Crippen molar-refractivity contribution in [3.8, 4) is 22.4 Å². The van der Waals surface area contributed by atoms with E-state index in [1.165, 1.54) is 13.2 Å². The molecule has 3 aromatic heterocycles. The smallest absolute Gasteiger partial charge is 0.330 e. The fourth-order valence-corrected chi connectivity index (χ4v) is 2.98. The average Bonchev–Trinajstić information content (AvgIpc) is 3.07. The third-order valence-corrected chi connectivity index (χ3v) is 4.29. The predicted octanol–water partition coefficient (Wildman–Crippen LogP) is 3.23. The molecule has 138 valence electrons. The summed E-state index contributed by atoms with van der Waals surface area (Å²) in [6.07, 6.45) is 8.41. The van der Waals surface area contributed by atoms with Crippen molar-refractivity contribution >= 4 is 23.5 Å². The van der Waals surface area contributed by atoms with Crippen LogP contribution in [0.25, 0.3) is 34.1 Å². The van der Waals surface area contributed by atoms with Crippen LogP contribution in [0, 0.1) is 0 Å². The summed E-state index contributed by atoms with van der Waals surface area (Å²) in [5, 5.41) is 4.39. The van der Waals surface area contributed by atoms with Gasteiger partial charge in [-0.15, -0.1) is 5.10 Å². The van der Waals surface area contributed by atoms with E-state index in [9.17, 15) is 4.79 Å². The number of hydrogen-bond acceptors (Lipinski definition) is 6. The van der Waals surface area contributed by atoms with Crippen molar-refractivity contribution in [1.29, 1.82) is 0 Å². The molecule has 0 atom stereocenters. The number of rotatable bonds is 4. The number of carbonyl (C=O) groups excluding carboxylic acids is 1. The molecule has 0 amide bonds. The van der Waals surface area contributed by atoms with Crippen molar-refractivity contribution in [2.45, 2.75) is 0 Å². The Labute approximate surface area is 161 Å². The molecule has 7 nitrogen and oxygen atoms in total. The highest BCUT2D eigenvalue weighted by Gasteiger charge is 2.15. The fourth-order valence-electron chi connectivity index (χ4n) is 2.98. The van der Waals surface area contributed by atoms with E-state index in [1.807, 2.05) is 48.7 Å². The maximum atomic E-state index is 11.4. The Bertz CT molecular complexity index is 1180. The van der Waals surface area contributed by atoms with Crippen molar-refractivity contribution < 1.29 is 9.53 Å². The number of ether oxygens (including phenoxy) is 1. The van der Waals surface area contributed by atoms with Crippen LogP contribution < -0.4 is 5.73 Å². The Kier molecular flexibility index (Phi) is 4.55. The molecular weight excluding hydrogens is 354 g/mol. The molecule has 0 saturated carbocycles. The number of nitrogens with zero attached hydrogens (tertiary/aromatic N) is 4. The molecule has 0 radical (unpaired) electrons. The monoisotopic (exact) mass is 371 g/mol. The first-order chi connectivity index (χ1) is 13.7. The normalized spacial score (nSPS) is 11.2. The zero-order valence-corrected chi connectivity index (χ0v) is 15.1. The summed E-state index contributed by atoms with van der Waals surface area (Å²) in [6, 6.07) is 13.3. The molecular formula is C21H17N5O2. The van der Waals surface area contributed by atoms with Gasteiger partial charge in [0.2, 0.25) is 0 Å². The molecule has 0 saturated heterocycles. The van der Waals surface area contributed by atoms with Crippen LogP contribution >= 0.6 is 0 Å². The molecule has 28 heavy (non-hydrogen) atoms. The van der Waals surface area contributed by atoms with Crippen LogP contribution in [0.15, 0.2) is 67.1 Å². The molecule has 3 heterocycles. The average molecular weight is 371 g/mol. The molecule has 0 aliphatic rings. The predicted molar refractivity (Wildman–Crippen MR) is 107 cm³/mol. The molecule has 2 N–H and O–H groups in total. The molecule has 7 heteroatoms. The second kappa shape index (κ2) is 7.32. The Morgan fingerprint density at radius 1 is 1.14 bits per heavy atom. The van der Waals surface area contributed by atoms with Crippen LogP contribution in [0.5, 0.6) is 0 Å². The lowest BCUT2D eigenvalue weighted by molar-refractivity contribution is -0.134. The van der Waals surface area contributed by atoms with E-state index in [1.54, 1.807) is 23.0 Å². The number of methoxy groups -OCH3 is 1. The standard InChI is InChI=1S/C21H17N5O2/c1-28-18(27)10-9-14-6-2-3-7-16(14)15-12-24-21-19(17-8-4-5-11-23-17)20(22)25-26(21)13-15/h2-13H,1H3,(H2,22,25). The van der Waals surface area contributed by atoms with Crippen LogP contribution in [-0.2, 0) is 9.53 Å². The number of aromatic nitrogens is 4. The second-order valence-corrected chi connectivity index (χ2v) is 6.03. The minimum Gasteiger partial charge on any atom is -0.466 e. The number of anilines is 1. The number of benzene rings is 1. The summed E-state index contributed by atoms with van der Waals surface area (Å²) in [6.45, 7) is 0. The number of nitrogen functional groups attached to an aromatic ring is 1. The highest BCUT2D eigenvalue weighted by atomic mass is 16.5. The van der Waals surface area contributed by atoms with Crippen LogP contribution in [0.3, 0.4) is 0 Å². The van der Waals surface area contributed by atoms with Gasteiger partial charge in [-0.05, 0) is 29.3 Å². The van der Waals surface area contributed by atoms with Crippen molar-refractivity contribution in [2.24, 2.45) is 0 Å². The summed E-state index contributed by atoms with van der Waals surface area (Å²) >= 11 is 0. The largest absolute Gasteiger partial charge is 0.466 e. The highest BCUT2D eigenvalue weighted by Crippen LogP contribution is 2.30. The number of esters is 1. The van der Waals surface area contributed by atoms with E-state index < -0.39 is 5.97 Å². The number of pyridine rings is 1. The number of nitrogens with two attached hydrogens (primary N) is 1. The van der Waals surface area contributed by atoms with E-state index in [0.29, 0.717) is 17.0 Å². The minimum absolute atomic E-state index is 0.363. The van der Waals surface area contributed by atoms with Gasteiger partial charge in [0.25, 0.3) is 0 Å². The van der Waals surface area contributed by atoms with E-state index in [0.717, 1.165) is 22.4 Å². The van der Waals surface area contributed by atoms with Gasteiger partial charge in [-0.25, -0.2) is 14.3 Å². The van der Waals surface area contributed by atoms with Crippen molar-refractivity contribution in [1.82, 2.24) is 19.6 Å². The quantitative estimate of drug-likeness (QED) is 0.437. The lowest BCUT2D eigenvalue weighted by Gasteiger charge is -2.07. The zero-order valence-electron chi connectivity index (χ0n) is 15.1. The zero-order chi connectivity index (χ0) is 19.5. The first-order valence-corrected chi connectivity index (χ1v) is 8.58. The van der Waals surface area contributed by atoms with Crippen molar-refractivity contribution in [2.75, 3.05) is 12.8 Å². The summed E-state index contributed by atoms with van der Waals surface area (Å²) in [7, 11) is 1.34. The molecule has 0 fully saturated rings. The van der Waals surface area contributed by atoms with E-state index in [2.05, 4.69) is 19.8 Å². The molecule has 0 aliphatic carbocycles. The van der Waals surface area contributed by atoms with Gasteiger partial charge in [-0.2, -0.15) is 0 Å². The van der Waals surface area contributed by atoms with Crippen LogP contribution in [0.1, 0.15) is 5.56 Å². The van der Waals surface area contributed by atoms with Gasteiger partial charge in [0.15, 0.2) is 11.5 Å². The van der Waals surface area contributed by atoms with E-state index in [4.69, 9.17) is 5.73 Å². The third kappa shape index (κ3) is 3.21. The van der Waals surface area contributed by atoms with Crippen molar-refractivity contribution in [3.63, 3.8) is 0 Å². The van der Waals surface area contributed by atoms with Gasteiger partial charge in [0.1, 0.15) is 0 Å². The molecule has 0 spiro atoms. The Morgan fingerprint density at radius 3 is 2.75 bits per heavy atom. The van der Waals surface area contributed by atoms with Crippen LogP contribution in [-0.4, -0.2) is 32.7 Å². The van der Waals surface area contributed by atoms with Crippen molar-refractivity contribution in [3.05, 3.63) is 72.7 Å². The molecule has 4 rings (SSSR count). The maximum absolute atomic E-state index is 11.4. The van der Waals surface area contributed by atoms with E-state index >= 15 is 0 Å². The van der Waals surface area contributed by atoms with Gasteiger partial charge >= 0.3 is 5.97 Å². The van der Waals surface area contributed by atoms with Gasteiger partial charge in [0.05, 0.1) is 18.4 Å². The summed E-state index contributed by atoms with van der Waals surface area (Å²) in [5.41, 5.74) is 10.8. The summed E-state index contributed by atoms with van der Waals surface area (Å²) in [5.74, 6) is -0.0505. The molecule has 0 bridgehead atoms. The molecule has 4 aromatic rings. The number of fused-ring (bicyclic) bond motifs is 1. The Balaban J connectivity index is 1.80. The van der Waals surface area contributed by atoms with Gasteiger partial charge < -0.3 is 10.5 Å². The molecule has 1 aromatic carbocycles. The maximum Gasteiger partial charge on any atom is 0.330 e. The van der Waals surface area contributed by atoms with Crippen LogP contribution in [0.2, 0.25) is 0 Å². The summed E-state index contributed by atoms with van der Waals surface area (Å²) < 4.78 is 6.31. The van der Waals surface area contributed by atoms with Crippen LogP contribution in [0.4, 0.5) is 5.82 Å². The van der Waals surface area contributed by atoms with Gasteiger partial charge in [-0.1, -0.05) is 30.3 Å². The molecule has 0 unspecified atom stereocenters. The third-order valence-electron chi connectivity index (χ3n) is 4.29. The fraction of sp³-hybridized carbons (Fsp3) is 0.0476. The first kappa shape index (κ1) is 17.4. The molecule has 0 aliphatic heterocycles. The van der Waals surface area contributed by atoms with Gasteiger partial charge in [0, 0.05) is 30.2 Å². The van der Waals surface area contributed by atoms with E-state index in [-0.39, 0.29) is 0 Å². The summed E-state index contributed by atoms with van der Waals surface area (Å²) in [4.78, 5) is 20.3. The number of carbonyl (C=O) groups is 1. The SMILES string of the molecule is COC(=O)C=Cc1ccccc1-c1cnc2c(-c3ccccn3)c(N)nn2c1. The number of hydrogen-bond donors (Lipinski definition) is 1. The lowest BCUT2D eigenvalue weighted by atomic mass is 10.0. The topological polar surface area (TPSA) is 95.4 Å². The Morgan fingerprint density at radius 2 is 1.96 bits per heavy atom. The highest BCUT2D eigenvalue weighted by molar-refractivity contribution is 5.89. The second-order valence-electron chi connectivity index (χ2n) is 6.03. The lowest BCUT2D eigenvalue weighted by Crippen LogP contribution is -1.95. The Hall–Kier alpha value is -4.00.